The molecule has 8 heteroatoms. The fourth-order valence-corrected chi connectivity index (χ4v) is 5.91. The third kappa shape index (κ3) is 3.56. The molecule has 3 heterocycles. The molecule has 0 N–H and O–H groups in total. The van der Waals surface area contributed by atoms with Crippen LogP contribution in [-0.4, -0.2) is 49.0 Å². The summed E-state index contributed by atoms with van der Waals surface area (Å²) in [5.74, 6) is 0.810. The smallest absolute Gasteiger partial charge is 0.265 e. The van der Waals surface area contributed by atoms with Crippen molar-refractivity contribution in [3.63, 3.8) is 0 Å². The monoisotopic (exact) mass is 437 g/mol. The summed E-state index contributed by atoms with van der Waals surface area (Å²) in [5.41, 5.74) is 2.45. The van der Waals surface area contributed by atoms with Gasteiger partial charge in [-0.1, -0.05) is 49.2 Å². The summed E-state index contributed by atoms with van der Waals surface area (Å²) in [4.78, 5) is 33.0. The van der Waals surface area contributed by atoms with E-state index in [0.717, 1.165) is 24.1 Å². The summed E-state index contributed by atoms with van der Waals surface area (Å²) in [5, 5.41) is 5.62. The van der Waals surface area contributed by atoms with Gasteiger partial charge in [-0.3, -0.25) is 14.2 Å². The zero-order chi connectivity index (χ0) is 21.5. The van der Waals surface area contributed by atoms with Gasteiger partial charge in [-0.25, -0.2) is 9.67 Å². The van der Waals surface area contributed by atoms with E-state index in [2.05, 4.69) is 5.10 Å². The van der Waals surface area contributed by atoms with Gasteiger partial charge >= 0.3 is 0 Å². The van der Waals surface area contributed by atoms with Crippen molar-refractivity contribution in [3.8, 4) is 5.69 Å². The van der Waals surface area contributed by atoms with Gasteiger partial charge in [0.15, 0.2) is 10.8 Å². The quantitative estimate of drug-likeness (QED) is 0.582. The molecule has 162 valence electrons. The Bertz CT molecular complexity index is 1190. The molecule has 1 aliphatic carbocycles. The standard InChI is InChI=1S/C23H27N5O2S/c1-15-8-6-7-11-19(15)28-21-18(13-24-28)22(30)27-17(14-31-23(27)25-21)12-20(29)26(2)16-9-4-3-5-10-16/h6-8,11,13,16-17H,3-5,9-10,12,14H2,1-2H3. The minimum absolute atomic E-state index is 0.108. The third-order valence-electron chi connectivity index (χ3n) is 6.64. The second-order valence-corrected chi connectivity index (χ2v) is 9.60. The van der Waals surface area contributed by atoms with Crippen molar-refractivity contribution in [2.45, 2.75) is 62.7 Å². The summed E-state index contributed by atoms with van der Waals surface area (Å²) in [6.07, 6.45) is 7.75. The molecule has 0 spiro atoms. The minimum Gasteiger partial charge on any atom is -0.343 e. The maximum Gasteiger partial charge on any atom is 0.265 e. The molecule has 1 atom stereocenters. The van der Waals surface area contributed by atoms with E-state index in [4.69, 9.17) is 4.98 Å². The number of hydrogen-bond donors (Lipinski definition) is 0. The van der Waals surface area contributed by atoms with Gasteiger partial charge in [-0.2, -0.15) is 5.10 Å². The molecule has 0 bridgehead atoms. The SMILES string of the molecule is Cc1ccccc1-n1ncc2c(=O)n3c(nc21)SCC3CC(=O)N(C)C1CCCCC1. The first-order chi connectivity index (χ1) is 15.0. The highest BCUT2D eigenvalue weighted by molar-refractivity contribution is 7.99. The van der Waals surface area contributed by atoms with Crippen molar-refractivity contribution in [2.75, 3.05) is 12.8 Å². The number of rotatable bonds is 4. The second-order valence-electron chi connectivity index (χ2n) is 8.62. The molecular formula is C23H27N5O2S. The maximum atomic E-state index is 13.3. The molecule has 1 aromatic carbocycles. The van der Waals surface area contributed by atoms with Gasteiger partial charge in [-0.05, 0) is 31.4 Å². The van der Waals surface area contributed by atoms with Gasteiger partial charge in [0.25, 0.3) is 5.56 Å². The van der Waals surface area contributed by atoms with Crippen LogP contribution in [0.4, 0.5) is 0 Å². The van der Waals surface area contributed by atoms with Gasteiger partial charge in [0, 0.05) is 25.3 Å². The number of fused-ring (bicyclic) bond motifs is 2. The summed E-state index contributed by atoms with van der Waals surface area (Å²) >= 11 is 1.55. The zero-order valence-electron chi connectivity index (χ0n) is 18.0. The molecule has 5 rings (SSSR count). The molecule has 7 nitrogen and oxygen atoms in total. The largest absolute Gasteiger partial charge is 0.343 e. The number of thioether (sulfide) groups is 1. The summed E-state index contributed by atoms with van der Waals surface area (Å²) in [7, 11) is 1.91. The van der Waals surface area contributed by atoms with Gasteiger partial charge in [0.05, 0.1) is 17.9 Å². The Morgan fingerprint density at radius 2 is 2.00 bits per heavy atom. The lowest BCUT2D eigenvalue weighted by atomic mass is 9.94. The van der Waals surface area contributed by atoms with E-state index in [1.165, 1.54) is 19.3 Å². The van der Waals surface area contributed by atoms with Gasteiger partial charge < -0.3 is 4.90 Å². The molecule has 1 saturated carbocycles. The molecule has 3 aromatic rings. The van der Waals surface area contributed by atoms with Crippen molar-refractivity contribution >= 4 is 28.7 Å². The molecule has 0 saturated heterocycles. The number of nitrogens with zero attached hydrogens (tertiary/aromatic N) is 5. The summed E-state index contributed by atoms with van der Waals surface area (Å²) < 4.78 is 3.45. The van der Waals surface area contributed by atoms with Crippen LogP contribution in [-0.2, 0) is 4.79 Å². The van der Waals surface area contributed by atoms with Crippen LogP contribution in [0.5, 0.6) is 0 Å². The van der Waals surface area contributed by atoms with E-state index < -0.39 is 0 Å². The Hall–Kier alpha value is -2.61. The Balaban J connectivity index is 1.45. The van der Waals surface area contributed by atoms with Crippen molar-refractivity contribution in [1.29, 1.82) is 0 Å². The molecule has 1 unspecified atom stereocenters. The lowest BCUT2D eigenvalue weighted by molar-refractivity contribution is -0.133. The lowest BCUT2D eigenvalue weighted by Gasteiger charge is -2.32. The Morgan fingerprint density at radius 3 is 2.77 bits per heavy atom. The Kier molecular flexibility index (Phi) is 5.33. The number of para-hydroxylation sites is 1. The molecule has 1 aliphatic heterocycles. The van der Waals surface area contributed by atoms with Crippen molar-refractivity contribution in [3.05, 3.63) is 46.4 Å². The van der Waals surface area contributed by atoms with E-state index in [-0.39, 0.29) is 17.5 Å². The van der Waals surface area contributed by atoms with Crippen LogP contribution in [0.2, 0.25) is 0 Å². The highest BCUT2D eigenvalue weighted by Crippen LogP contribution is 2.34. The predicted octanol–water partition coefficient (Wildman–Crippen LogP) is 3.72. The minimum atomic E-state index is -0.162. The fraction of sp³-hybridized carbons (Fsp3) is 0.478. The molecule has 31 heavy (non-hydrogen) atoms. The van der Waals surface area contributed by atoms with Gasteiger partial charge in [0.1, 0.15) is 5.39 Å². The predicted molar refractivity (Wildman–Crippen MR) is 122 cm³/mol. The number of aryl methyl sites for hydroxylation is 1. The normalized spacial score (nSPS) is 19.0. The highest BCUT2D eigenvalue weighted by Gasteiger charge is 2.32. The van der Waals surface area contributed by atoms with Gasteiger partial charge in [-0.15, -0.1) is 0 Å². The number of benzene rings is 1. The topological polar surface area (TPSA) is 73.0 Å². The summed E-state index contributed by atoms with van der Waals surface area (Å²) in [6, 6.07) is 8.10. The molecule has 1 fully saturated rings. The number of amides is 1. The first-order valence-corrected chi connectivity index (χ1v) is 12.0. The second kappa shape index (κ2) is 8.15. The number of hydrogen-bond acceptors (Lipinski definition) is 5. The van der Waals surface area contributed by atoms with Crippen LogP contribution in [0.3, 0.4) is 0 Å². The van der Waals surface area contributed by atoms with Crippen molar-refractivity contribution < 1.29 is 4.79 Å². The first kappa shape index (κ1) is 20.3. The maximum absolute atomic E-state index is 13.3. The first-order valence-electron chi connectivity index (χ1n) is 11.0. The lowest BCUT2D eigenvalue weighted by Crippen LogP contribution is -2.39. The zero-order valence-corrected chi connectivity index (χ0v) is 18.8. The Labute approximate surface area is 185 Å². The number of carbonyl (C=O) groups excluding carboxylic acids is 1. The van der Waals surface area contributed by atoms with Crippen LogP contribution in [0.1, 0.15) is 50.1 Å². The van der Waals surface area contributed by atoms with Gasteiger partial charge in [0.2, 0.25) is 5.91 Å². The van der Waals surface area contributed by atoms with E-state index in [1.807, 2.05) is 43.1 Å². The van der Waals surface area contributed by atoms with E-state index in [9.17, 15) is 9.59 Å². The number of carbonyl (C=O) groups is 1. The van der Waals surface area contributed by atoms with Crippen LogP contribution < -0.4 is 5.56 Å². The summed E-state index contributed by atoms with van der Waals surface area (Å²) in [6.45, 7) is 2.02. The van der Waals surface area contributed by atoms with Crippen LogP contribution in [0.15, 0.2) is 40.4 Å². The molecule has 1 amide bonds. The fourth-order valence-electron chi connectivity index (χ4n) is 4.78. The molecule has 2 aromatic heterocycles. The van der Waals surface area contributed by atoms with Crippen molar-refractivity contribution in [1.82, 2.24) is 24.2 Å². The number of aromatic nitrogens is 4. The van der Waals surface area contributed by atoms with Crippen LogP contribution in [0.25, 0.3) is 16.7 Å². The molecule has 2 aliphatic rings. The Morgan fingerprint density at radius 1 is 1.23 bits per heavy atom. The molecular weight excluding hydrogens is 410 g/mol. The van der Waals surface area contributed by atoms with E-state index >= 15 is 0 Å². The average molecular weight is 438 g/mol. The van der Waals surface area contributed by atoms with Crippen LogP contribution in [0, 0.1) is 6.92 Å². The van der Waals surface area contributed by atoms with Crippen molar-refractivity contribution in [2.24, 2.45) is 0 Å². The average Bonchev–Trinajstić information content (AvgIpc) is 3.39. The van der Waals surface area contributed by atoms with E-state index in [1.54, 1.807) is 27.2 Å². The van der Waals surface area contributed by atoms with E-state index in [0.29, 0.717) is 34.4 Å². The van der Waals surface area contributed by atoms with Crippen LogP contribution >= 0.6 is 11.8 Å². The third-order valence-corrected chi connectivity index (χ3v) is 7.74. The highest BCUT2D eigenvalue weighted by atomic mass is 32.2. The molecule has 0 radical (unpaired) electrons.